The van der Waals surface area contributed by atoms with E-state index in [1.165, 1.54) is 40.6 Å². The maximum absolute atomic E-state index is 8.69. The van der Waals surface area contributed by atoms with Gasteiger partial charge in [0.15, 0.2) is 0 Å². The molecule has 0 bridgehead atoms. The predicted molar refractivity (Wildman–Crippen MR) is 300 cm³/mol. The van der Waals surface area contributed by atoms with Crippen LogP contribution in [0, 0.1) is 32.7 Å². The minimum atomic E-state index is -2.41. The molecule has 12 rings (SSSR count). The second-order valence-corrected chi connectivity index (χ2v) is 20.2. The Balaban J connectivity index is 0.000000249. The minimum Gasteiger partial charge on any atom is -0.501 e. The Bertz CT molecular complexity index is 4330. The van der Waals surface area contributed by atoms with Gasteiger partial charge in [0.05, 0.1) is 22.4 Å². The van der Waals surface area contributed by atoms with E-state index >= 15 is 0 Å². The van der Waals surface area contributed by atoms with Crippen molar-refractivity contribution in [2.45, 2.75) is 86.3 Å². The Labute approximate surface area is 449 Å². The molecule has 0 spiro atoms. The van der Waals surface area contributed by atoms with Crippen LogP contribution in [0.2, 0.25) is 0 Å². The van der Waals surface area contributed by atoms with Gasteiger partial charge in [-0.3, -0.25) is 4.98 Å². The maximum Gasteiger partial charge on any atom is 0.121 e. The molecule has 0 atom stereocenters. The van der Waals surface area contributed by atoms with E-state index in [1.807, 2.05) is 39.0 Å². The van der Waals surface area contributed by atoms with E-state index in [1.54, 1.807) is 18.2 Å². The van der Waals surface area contributed by atoms with Gasteiger partial charge in [0.1, 0.15) is 5.58 Å². The molecule has 4 nitrogen and oxygen atoms in total. The van der Waals surface area contributed by atoms with Crippen LogP contribution in [0.3, 0.4) is 0 Å². The molecule has 12 aromatic rings. The summed E-state index contributed by atoms with van der Waals surface area (Å²) in [7, 11) is 0. The van der Waals surface area contributed by atoms with Crippen LogP contribution in [-0.2, 0) is 25.5 Å². The van der Waals surface area contributed by atoms with Crippen molar-refractivity contribution >= 4 is 65.3 Å². The summed E-state index contributed by atoms with van der Waals surface area (Å²) >= 11 is 0. The fourth-order valence-corrected chi connectivity index (χ4v) is 10.1. The van der Waals surface area contributed by atoms with Crippen molar-refractivity contribution in [3.05, 3.63) is 209 Å². The van der Waals surface area contributed by atoms with Gasteiger partial charge >= 0.3 is 0 Å². The van der Waals surface area contributed by atoms with Gasteiger partial charge in [0.2, 0.25) is 0 Å². The summed E-state index contributed by atoms with van der Waals surface area (Å²) in [5.74, 6) is 0.993. The topological polar surface area (TPSA) is 43.9 Å². The van der Waals surface area contributed by atoms with Gasteiger partial charge in [-0.15, -0.1) is 53.1 Å². The molecule has 359 valence electrons. The van der Waals surface area contributed by atoms with Gasteiger partial charge in [-0.25, -0.2) is 0 Å². The van der Waals surface area contributed by atoms with Crippen molar-refractivity contribution in [1.29, 1.82) is 0 Å². The number of rotatable bonds is 6. The van der Waals surface area contributed by atoms with Crippen molar-refractivity contribution in [2.75, 3.05) is 0 Å². The standard InChI is InChI=1S/C50H39N2O.C17H20N.Ir/c1-29(2)40-25-36(32-13-7-6-8-14-32)26-41(30(3)4)47(40)52-48-38-18-12-10-16-34(38)22-24-44(48)51-50(52)39-23-19-31(5)46-43-28-42-35(27-45(43)53-49(39)46)21-20-33-15-9-11-17-37(33)42;1-12-6-8-14(9-7-12)16-10-15(17(3,4)5)13(2)11-18-16;/h6-22,24-30H,1-5H3;6-8,10-11H,1-5H3;/q2*-1;/i5D3;1D3,2D3;. The number of hydrogen-bond donors (Lipinski definition) is 0. The number of furan rings is 1. The van der Waals surface area contributed by atoms with E-state index in [2.05, 4.69) is 159 Å². The Morgan fingerprint density at radius 3 is 1.97 bits per heavy atom. The monoisotopic (exact) mass is 1120 g/mol. The average Bonchev–Trinajstić information content (AvgIpc) is 4.25. The van der Waals surface area contributed by atoms with E-state index in [0.717, 1.165) is 54.4 Å². The number of pyridine rings is 1. The van der Waals surface area contributed by atoms with Gasteiger partial charge in [0, 0.05) is 55.1 Å². The molecular formula is C67H59IrN3O-2. The summed E-state index contributed by atoms with van der Waals surface area (Å²) < 4.78 is 80.5. The third kappa shape index (κ3) is 8.63. The van der Waals surface area contributed by atoms with Crippen LogP contribution in [0.4, 0.5) is 0 Å². The predicted octanol–water partition coefficient (Wildman–Crippen LogP) is 18.5. The first-order valence-corrected chi connectivity index (χ1v) is 24.3. The smallest absolute Gasteiger partial charge is 0.121 e. The molecule has 9 aromatic carbocycles. The van der Waals surface area contributed by atoms with Crippen LogP contribution in [0.25, 0.3) is 105 Å². The average molecular weight is 1120 g/mol. The van der Waals surface area contributed by atoms with Crippen LogP contribution >= 0.6 is 0 Å². The van der Waals surface area contributed by atoms with E-state index in [0.29, 0.717) is 44.8 Å². The molecule has 3 heterocycles. The number of benzene rings is 9. The molecule has 0 N–H and O–H groups in total. The maximum atomic E-state index is 8.69. The van der Waals surface area contributed by atoms with Gasteiger partial charge in [-0.05, 0) is 120 Å². The zero-order chi connectivity index (χ0) is 56.8. The largest absolute Gasteiger partial charge is 0.501 e. The summed E-state index contributed by atoms with van der Waals surface area (Å²) in [6, 6.07) is 58.9. The Morgan fingerprint density at radius 1 is 0.611 bits per heavy atom. The quantitative estimate of drug-likeness (QED) is 0.123. The van der Waals surface area contributed by atoms with Crippen molar-refractivity contribution in [3.63, 3.8) is 0 Å². The van der Waals surface area contributed by atoms with E-state index in [-0.39, 0.29) is 54.0 Å². The molecule has 72 heavy (non-hydrogen) atoms. The van der Waals surface area contributed by atoms with Gasteiger partial charge < -0.3 is 14.0 Å². The van der Waals surface area contributed by atoms with Gasteiger partial charge in [-0.2, -0.15) is 0 Å². The summed E-state index contributed by atoms with van der Waals surface area (Å²) in [5, 5.41) is 7.82. The van der Waals surface area contributed by atoms with Crippen LogP contribution in [0.15, 0.2) is 168 Å². The summed E-state index contributed by atoms with van der Waals surface area (Å²) in [6.07, 6.45) is 1.38. The zero-order valence-corrected chi connectivity index (χ0v) is 43.7. The number of fused-ring (bicyclic) bond motifs is 9. The molecule has 5 heteroatoms. The van der Waals surface area contributed by atoms with Crippen LogP contribution in [0.5, 0.6) is 0 Å². The molecular weight excluding hydrogens is 1050 g/mol. The Morgan fingerprint density at radius 2 is 1.29 bits per heavy atom. The number of nitrogens with zero attached hydrogens (tertiary/aromatic N) is 3. The first-order chi connectivity index (χ1) is 37.9. The molecule has 0 aliphatic heterocycles. The fraction of sp³-hybridized carbons (Fsp3) is 0.194. The third-order valence-corrected chi connectivity index (χ3v) is 13.7. The number of aryl methyl sites for hydroxylation is 3. The summed E-state index contributed by atoms with van der Waals surface area (Å²) in [6.45, 7) is 8.02. The van der Waals surface area contributed by atoms with Crippen molar-refractivity contribution in [2.24, 2.45) is 0 Å². The molecule has 0 aliphatic rings. The number of hydrogen-bond acceptors (Lipinski definition) is 3. The third-order valence-electron chi connectivity index (χ3n) is 13.7. The van der Waals surface area contributed by atoms with E-state index in [4.69, 9.17) is 21.7 Å². The minimum absolute atomic E-state index is 0. The van der Waals surface area contributed by atoms with E-state index in [9.17, 15) is 0 Å². The Hall–Kier alpha value is -7.17. The number of imidazole rings is 1. The molecule has 0 unspecified atom stereocenters. The second kappa shape index (κ2) is 19.1. The summed E-state index contributed by atoms with van der Waals surface area (Å²) in [5.41, 5.74) is 11.5. The van der Waals surface area contributed by atoms with E-state index < -0.39 is 20.6 Å². The zero-order valence-electron chi connectivity index (χ0n) is 50.3. The number of aromatic nitrogens is 3. The molecule has 1 radical (unpaired) electrons. The second-order valence-electron chi connectivity index (χ2n) is 20.2. The molecule has 0 saturated carbocycles. The van der Waals surface area contributed by atoms with Crippen LogP contribution < -0.4 is 0 Å². The Kier molecular flexibility index (Phi) is 10.2. The molecule has 0 aliphatic carbocycles. The molecule has 3 aromatic heterocycles. The molecule has 0 fully saturated rings. The van der Waals surface area contributed by atoms with Crippen molar-refractivity contribution in [3.8, 4) is 39.5 Å². The SMILES string of the molecule is [2H]C([2H])([2H])c1c[c-]c(-c2cc(C(C)(C)C)c(C([2H])([2H])[2H])cn2)cc1.[2H]C([2H])([2H])c1c[c-]c(-c2nc3ccc4ccccc4c3n2-c2c(C(C)C)cc(-c3ccccc3)cc2C(C)C)c2oc3cc4ccc5ccccc5c4cc3c12.[Ir]. The summed E-state index contributed by atoms with van der Waals surface area (Å²) in [4.78, 5) is 9.68. The van der Waals surface area contributed by atoms with Gasteiger partial charge in [0.25, 0.3) is 0 Å². The first kappa shape index (κ1) is 38.5. The van der Waals surface area contributed by atoms with Crippen LogP contribution in [-0.4, -0.2) is 14.5 Å². The van der Waals surface area contributed by atoms with Crippen molar-refractivity contribution < 1.29 is 36.9 Å². The first-order valence-electron chi connectivity index (χ1n) is 28.8. The van der Waals surface area contributed by atoms with Crippen molar-refractivity contribution in [1.82, 2.24) is 14.5 Å². The van der Waals surface area contributed by atoms with Crippen LogP contribution in [0.1, 0.15) is 106 Å². The molecule has 0 amide bonds. The van der Waals surface area contributed by atoms with Gasteiger partial charge in [-0.1, -0.05) is 176 Å². The normalized spacial score (nSPS) is 14.3. The fourth-order valence-electron chi connectivity index (χ4n) is 10.1. The molecule has 0 saturated heterocycles.